The van der Waals surface area contributed by atoms with Crippen molar-refractivity contribution in [3.63, 3.8) is 0 Å². The summed E-state index contributed by atoms with van der Waals surface area (Å²) in [5.74, 6) is -0.557. The largest absolute Gasteiger partial charge is 0.444 e. The van der Waals surface area contributed by atoms with Gasteiger partial charge in [-0.1, -0.05) is 0 Å². The summed E-state index contributed by atoms with van der Waals surface area (Å²) in [6.07, 6.45) is -1.39. The first kappa shape index (κ1) is 18.2. The molecule has 0 bridgehead atoms. The van der Waals surface area contributed by atoms with Gasteiger partial charge in [0.2, 0.25) is 0 Å². The Kier molecular flexibility index (Phi) is 5.60. The maximum Gasteiger partial charge on any atom is 0.410 e. The first-order chi connectivity index (χ1) is 9.39. The lowest BCUT2D eigenvalue weighted by Gasteiger charge is -2.37. The van der Waals surface area contributed by atoms with Crippen molar-refractivity contribution in [2.24, 2.45) is 5.92 Å². The summed E-state index contributed by atoms with van der Waals surface area (Å²) in [5, 5.41) is 0. The number of alkyl halides is 1. The van der Waals surface area contributed by atoms with Crippen molar-refractivity contribution in [2.45, 2.75) is 52.0 Å². The number of hydrogen-bond donors (Lipinski definition) is 0. The van der Waals surface area contributed by atoms with Gasteiger partial charge in [0.05, 0.1) is 18.9 Å². The molecule has 0 aliphatic carbocycles. The van der Waals surface area contributed by atoms with Gasteiger partial charge in [0.25, 0.3) is 10.1 Å². The number of likely N-dealkylation sites (tertiary alicyclic amines) is 1. The minimum absolute atomic E-state index is 0.114. The van der Waals surface area contributed by atoms with Crippen molar-refractivity contribution >= 4 is 16.2 Å². The lowest BCUT2D eigenvalue weighted by Crippen LogP contribution is -2.49. The van der Waals surface area contributed by atoms with E-state index in [1.54, 1.807) is 20.8 Å². The maximum atomic E-state index is 14.2. The Morgan fingerprint density at radius 3 is 2.38 bits per heavy atom. The number of amides is 1. The van der Waals surface area contributed by atoms with Gasteiger partial charge in [-0.05, 0) is 34.1 Å². The van der Waals surface area contributed by atoms with Crippen molar-refractivity contribution < 1.29 is 26.5 Å². The third kappa shape index (κ3) is 6.17. The third-order valence-electron chi connectivity index (χ3n) is 3.17. The lowest BCUT2D eigenvalue weighted by atomic mass is 9.90. The lowest BCUT2D eigenvalue weighted by molar-refractivity contribution is -0.00979. The molecule has 1 saturated heterocycles. The maximum absolute atomic E-state index is 14.2. The van der Waals surface area contributed by atoms with Gasteiger partial charge in [-0.25, -0.2) is 9.18 Å². The van der Waals surface area contributed by atoms with Crippen LogP contribution in [0.3, 0.4) is 0 Å². The zero-order valence-electron chi connectivity index (χ0n) is 13.1. The van der Waals surface area contributed by atoms with E-state index in [0.717, 1.165) is 6.26 Å². The summed E-state index contributed by atoms with van der Waals surface area (Å²) in [5.41, 5.74) is -0.633. The highest BCUT2D eigenvalue weighted by molar-refractivity contribution is 7.86. The van der Waals surface area contributed by atoms with Crippen LogP contribution in [0.25, 0.3) is 0 Å². The molecule has 21 heavy (non-hydrogen) atoms. The summed E-state index contributed by atoms with van der Waals surface area (Å²) in [7, 11) is -3.62. The van der Waals surface area contributed by atoms with Crippen LogP contribution >= 0.6 is 0 Å². The van der Waals surface area contributed by atoms with Crippen LogP contribution in [-0.2, 0) is 19.0 Å². The molecule has 1 amide bonds. The smallest absolute Gasteiger partial charge is 0.410 e. The Hall–Kier alpha value is -0.890. The second-order valence-electron chi connectivity index (χ2n) is 6.40. The molecule has 1 fully saturated rings. The standard InChI is InChI=1S/C13H24FNO5S/c1-9(20-21(5,17)18)10-6-7-15(8-11(10)14)12(16)19-13(2,3)4/h9-11H,6-8H2,1-5H3. The van der Waals surface area contributed by atoms with E-state index < -0.39 is 40.0 Å². The van der Waals surface area contributed by atoms with Crippen molar-refractivity contribution in [2.75, 3.05) is 19.3 Å². The molecule has 8 heteroatoms. The van der Waals surface area contributed by atoms with E-state index in [2.05, 4.69) is 0 Å². The zero-order valence-corrected chi connectivity index (χ0v) is 13.9. The molecule has 0 saturated carbocycles. The van der Waals surface area contributed by atoms with Crippen LogP contribution in [0.15, 0.2) is 0 Å². The van der Waals surface area contributed by atoms with Gasteiger partial charge in [-0.15, -0.1) is 0 Å². The zero-order chi connectivity index (χ0) is 16.4. The van der Waals surface area contributed by atoms with Gasteiger partial charge in [-0.3, -0.25) is 4.18 Å². The van der Waals surface area contributed by atoms with Gasteiger partial charge in [0.15, 0.2) is 0 Å². The molecular weight excluding hydrogens is 301 g/mol. The quantitative estimate of drug-likeness (QED) is 0.742. The molecule has 124 valence electrons. The number of hydrogen-bond acceptors (Lipinski definition) is 5. The fourth-order valence-electron chi connectivity index (χ4n) is 2.29. The molecule has 1 aliphatic rings. The van der Waals surface area contributed by atoms with Crippen molar-refractivity contribution in [3.8, 4) is 0 Å². The van der Waals surface area contributed by atoms with Gasteiger partial charge in [0.1, 0.15) is 11.8 Å². The number of piperidine rings is 1. The topological polar surface area (TPSA) is 72.9 Å². The Morgan fingerprint density at radius 1 is 1.38 bits per heavy atom. The molecule has 0 N–H and O–H groups in total. The summed E-state index contributed by atoms with van der Waals surface area (Å²) < 4.78 is 46.4. The van der Waals surface area contributed by atoms with E-state index in [1.807, 2.05) is 0 Å². The van der Waals surface area contributed by atoms with Gasteiger partial charge in [0, 0.05) is 12.5 Å². The average Bonchev–Trinajstić information content (AvgIpc) is 2.23. The monoisotopic (exact) mass is 325 g/mol. The van der Waals surface area contributed by atoms with Crippen molar-refractivity contribution in [1.29, 1.82) is 0 Å². The molecule has 3 unspecified atom stereocenters. The summed E-state index contributed by atoms with van der Waals surface area (Å²) in [6, 6.07) is 0. The number of nitrogens with zero attached hydrogens (tertiary/aromatic N) is 1. The normalized spacial score (nSPS) is 25.5. The van der Waals surface area contributed by atoms with Crippen molar-refractivity contribution in [1.82, 2.24) is 4.90 Å². The van der Waals surface area contributed by atoms with Crippen LogP contribution in [0.5, 0.6) is 0 Å². The molecule has 3 atom stereocenters. The van der Waals surface area contributed by atoms with E-state index in [4.69, 9.17) is 8.92 Å². The average molecular weight is 325 g/mol. The van der Waals surface area contributed by atoms with E-state index in [1.165, 1.54) is 11.8 Å². The second kappa shape index (κ2) is 6.48. The number of carbonyl (C=O) groups is 1. The first-order valence-electron chi connectivity index (χ1n) is 6.89. The highest BCUT2D eigenvalue weighted by atomic mass is 32.2. The van der Waals surface area contributed by atoms with E-state index in [0.29, 0.717) is 13.0 Å². The van der Waals surface area contributed by atoms with E-state index >= 15 is 0 Å². The Bertz CT molecular complexity index is 473. The fourth-order valence-corrected chi connectivity index (χ4v) is 2.99. The highest BCUT2D eigenvalue weighted by Gasteiger charge is 2.37. The highest BCUT2D eigenvalue weighted by Crippen LogP contribution is 2.27. The Morgan fingerprint density at radius 2 is 1.95 bits per heavy atom. The molecule has 1 aliphatic heterocycles. The first-order valence-corrected chi connectivity index (χ1v) is 8.71. The van der Waals surface area contributed by atoms with Crippen LogP contribution in [-0.4, -0.2) is 56.6 Å². The molecule has 6 nitrogen and oxygen atoms in total. The van der Waals surface area contributed by atoms with Gasteiger partial charge >= 0.3 is 6.09 Å². The minimum atomic E-state index is -3.62. The summed E-state index contributed by atoms with van der Waals surface area (Å²) >= 11 is 0. The number of ether oxygens (including phenoxy) is 1. The SMILES string of the molecule is CC(OS(C)(=O)=O)C1CCN(C(=O)OC(C)(C)C)CC1F. The predicted molar refractivity (Wildman–Crippen MR) is 76.2 cm³/mol. The molecule has 0 aromatic carbocycles. The number of carbonyl (C=O) groups excluding carboxylic acids is 1. The van der Waals surface area contributed by atoms with Crippen LogP contribution in [0, 0.1) is 5.92 Å². The van der Waals surface area contributed by atoms with Crippen LogP contribution in [0.2, 0.25) is 0 Å². The predicted octanol–water partition coefficient (Wildman–Crippen LogP) is 1.95. The minimum Gasteiger partial charge on any atom is -0.444 e. The fraction of sp³-hybridized carbons (Fsp3) is 0.923. The number of halogens is 1. The van der Waals surface area contributed by atoms with Crippen LogP contribution in [0.1, 0.15) is 34.1 Å². The molecule has 1 heterocycles. The van der Waals surface area contributed by atoms with Gasteiger partial charge in [-0.2, -0.15) is 8.42 Å². The van der Waals surface area contributed by atoms with E-state index in [-0.39, 0.29) is 6.54 Å². The summed E-state index contributed by atoms with van der Waals surface area (Å²) in [6.45, 7) is 6.96. The second-order valence-corrected chi connectivity index (χ2v) is 8.00. The van der Waals surface area contributed by atoms with Crippen molar-refractivity contribution in [3.05, 3.63) is 0 Å². The van der Waals surface area contributed by atoms with Crippen LogP contribution < -0.4 is 0 Å². The molecular formula is C13H24FNO5S. The van der Waals surface area contributed by atoms with Gasteiger partial charge < -0.3 is 9.64 Å². The molecule has 0 aromatic heterocycles. The number of rotatable bonds is 3. The van der Waals surface area contributed by atoms with E-state index in [9.17, 15) is 17.6 Å². The molecule has 0 aromatic rings. The Balaban J connectivity index is 2.60. The Labute approximate surface area is 125 Å². The van der Waals surface area contributed by atoms with Crippen LogP contribution in [0.4, 0.5) is 9.18 Å². The third-order valence-corrected chi connectivity index (χ3v) is 3.83. The summed E-state index contributed by atoms with van der Waals surface area (Å²) in [4.78, 5) is 13.2. The molecule has 0 radical (unpaired) electrons. The molecule has 0 spiro atoms. The molecule has 1 rings (SSSR count).